The van der Waals surface area contributed by atoms with E-state index in [9.17, 15) is 0 Å². The zero-order valence-corrected chi connectivity index (χ0v) is 11.1. The van der Waals surface area contributed by atoms with Gasteiger partial charge in [0.15, 0.2) is 0 Å². The molecule has 2 heterocycles. The molecule has 1 saturated heterocycles. The van der Waals surface area contributed by atoms with Crippen LogP contribution in [0, 0.1) is 0 Å². The van der Waals surface area contributed by atoms with E-state index in [-0.39, 0.29) is 0 Å². The molecule has 2 rings (SSSR count). The van der Waals surface area contributed by atoms with E-state index in [1.807, 2.05) is 6.07 Å². The molecular weight excluding hydrogens is 228 g/mol. The van der Waals surface area contributed by atoms with Crippen LogP contribution >= 0.6 is 0 Å². The van der Waals surface area contributed by atoms with Crippen molar-refractivity contribution in [1.29, 1.82) is 0 Å². The fourth-order valence-electron chi connectivity index (χ4n) is 2.14. The summed E-state index contributed by atoms with van der Waals surface area (Å²) in [7, 11) is 0. The van der Waals surface area contributed by atoms with Crippen LogP contribution in [-0.4, -0.2) is 35.2 Å². The average molecular weight is 250 g/mol. The Bertz CT molecular complexity index is 372. The van der Waals surface area contributed by atoms with Crippen LogP contribution in [0.2, 0.25) is 0 Å². The number of anilines is 1. The number of hydrogen-bond donors (Lipinski definition) is 2. The number of ether oxygens (including phenoxy) is 1. The molecule has 0 aliphatic carbocycles. The van der Waals surface area contributed by atoms with E-state index in [1.165, 1.54) is 12.8 Å². The van der Waals surface area contributed by atoms with E-state index in [0.29, 0.717) is 24.6 Å². The molecule has 0 radical (unpaired) electrons. The van der Waals surface area contributed by atoms with E-state index in [2.05, 4.69) is 34.4 Å². The van der Waals surface area contributed by atoms with Crippen molar-refractivity contribution in [3.8, 4) is 5.88 Å². The van der Waals surface area contributed by atoms with Crippen molar-refractivity contribution in [2.24, 2.45) is 0 Å². The lowest BCUT2D eigenvalue weighted by molar-refractivity contribution is 0.304. The van der Waals surface area contributed by atoms with Gasteiger partial charge in [-0.3, -0.25) is 0 Å². The Morgan fingerprint density at radius 2 is 2.39 bits per heavy atom. The molecule has 1 aliphatic heterocycles. The highest BCUT2D eigenvalue weighted by Gasteiger charge is 2.20. The minimum Gasteiger partial charge on any atom is -0.478 e. The monoisotopic (exact) mass is 250 g/mol. The van der Waals surface area contributed by atoms with Crippen molar-refractivity contribution in [1.82, 2.24) is 15.3 Å². The fraction of sp³-hybridized carbons (Fsp3) is 0.692. The zero-order chi connectivity index (χ0) is 12.8. The van der Waals surface area contributed by atoms with Crippen LogP contribution in [0.5, 0.6) is 5.88 Å². The molecule has 0 bridgehead atoms. The van der Waals surface area contributed by atoms with Gasteiger partial charge in [-0.2, -0.15) is 0 Å². The van der Waals surface area contributed by atoms with Crippen LogP contribution in [0.15, 0.2) is 12.4 Å². The van der Waals surface area contributed by atoms with E-state index in [4.69, 9.17) is 4.74 Å². The Balaban J connectivity index is 1.95. The summed E-state index contributed by atoms with van der Waals surface area (Å²) >= 11 is 0. The van der Waals surface area contributed by atoms with Crippen molar-refractivity contribution >= 4 is 5.82 Å². The minimum absolute atomic E-state index is 0.424. The first-order chi connectivity index (χ1) is 8.79. The molecule has 2 unspecified atom stereocenters. The molecule has 0 amide bonds. The van der Waals surface area contributed by atoms with Gasteiger partial charge in [-0.1, -0.05) is 6.92 Å². The molecule has 0 aromatic carbocycles. The minimum atomic E-state index is 0.424. The van der Waals surface area contributed by atoms with Crippen LogP contribution in [0.3, 0.4) is 0 Å². The molecule has 2 atom stereocenters. The zero-order valence-electron chi connectivity index (χ0n) is 11.1. The summed E-state index contributed by atoms with van der Waals surface area (Å²) in [5.74, 6) is 1.49. The molecule has 5 heteroatoms. The van der Waals surface area contributed by atoms with Gasteiger partial charge in [0.05, 0.1) is 6.61 Å². The third kappa shape index (κ3) is 3.57. The van der Waals surface area contributed by atoms with Crippen LogP contribution in [-0.2, 0) is 0 Å². The van der Waals surface area contributed by atoms with Gasteiger partial charge >= 0.3 is 0 Å². The molecule has 100 valence electrons. The number of piperidine rings is 1. The topological polar surface area (TPSA) is 59.1 Å². The SMILES string of the molecule is CCCOc1cc(NC2CCCNC2C)ncn1. The number of rotatable bonds is 5. The van der Waals surface area contributed by atoms with E-state index in [1.54, 1.807) is 6.33 Å². The lowest BCUT2D eigenvalue weighted by Crippen LogP contribution is -2.46. The number of nitrogens with one attached hydrogen (secondary N) is 2. The molecule has 1 fully saturated rings. The highest BCUT2D eigenvalue weighted by Crippen LogP contribution is 2.16. The normalized spacial score (nSPS) is 23.7. The maximum absolute atomic E-state index is 5.51. The first-order valence-electron chi connectivity index (χ1n) is 6.74. The van der Waals surface area contributed by atoms with Gasteiger partial charge in [0.25, 0.3) is 0 Å². The van der Waals surface area contributed by atoms with Crippen molar-refractivity contribution in [2.45, 2.75) is 45.2 Å². The summed E-state index contributed by atoms with van der Waals surface area (Å²) in [6.45, 7) is 6.08. The second-order valence-electron chi connectivity index (χ2n) is 4.73. The Kier molecular flexibility index (Phi) is 4.75. The average Bonchev–Trinajstić information content (AvgIpc) is 2.40. The van der Waals surface area contributed by atoms with Crippen LogP contribution in [0.4, 0.5) is 5.82 Å². The van der Waals surface area contributed by atoms with Gasteiger partial charge in [0, 0.05) is 18.2 Å². The summed E-state index contributed by atoms with van der Waals surface area (Å²) in [5, 5.41) is 6.92. The highest BCUT2D eigenvalue weighted by atomic mass is 16.5. The molecule has 1 aromatic heterocycles. The van der Waals surface area contributed by atoms with E-state index < -0.39 is 0 Å². The van der Waals surface area contributed by atoms with Gasteiger partial charge in [0.2, 0.25) is 5.88 Å². The first kappa shape index (κ1) is 13.1. The molecule has 1 aromatic rings. The van der Waals surface area contributed by atoms with Crippen molar-refractivity contribution in [3.63, 3.8) is 0 Å². The van der Waals surface area contributed by atoms with Crippen molar-refractivity contribution < 1.29 is 4.74 Å². The van der Waals surface area contributed by atoms with Crippen LogP contribution in [0.25, 0.3) is 0 Å². The number of hydrogen-bond acceptors (Lipinski definition) is 5. The highest BCUT2D eigenvalue weighted by molar-refractivity contribution is 5.38. The molecule has 0 spiro atoms. The van der Waals surface area contributed by atoms with Crippen LogP contribution < -0.4 is 15.4 Å². The first-order valence-corrected chi connectivity index (χ1v) is 6.74. The van der Waals surface area contributed by atoms with Gasteiger partial charge in [-0.05, 0) is 32.7 Å². The summed E-state index contributed by atoms with van der Waals surface area (Å²) < 4.78 is 5.51. The summed E-state index contributed by atoms with van der Waals surface area (Å²) in [5.41, 5.74) is 0. The molecule has 5 nitrogen and oxygen atoms in total. The fourth-order valence-corrected chi connectivity index (χ4v) is 2.14. The van der Waals surface area contributed by atoms with Gasteiger partial charge < -0.3 is 15.4 Å². The standard InChI is InChI=1S/C13H22N4O/c1-3-7-18-13-8-12(15-9-16-13)17-11-5-4-6-14-10(11)2/h8-11,14H,3-7H2,1-2H3,(H,15,16,17). The van der Waals surface area contributed by atoms with E-state index >= 15 is 0 Å². The lowest BCUT2D eigenvalue weighted by Gasteiger charge is -2.31. The van der Waals surface area contributed by atoms with Gasteiger partial charge in [-0.15, -0.1) is 0 Å². The Morgan fingerprint density at radius 3 is 3.17 bits per heavy atom. The second kappa shape index (κ2) is 6.54. The molecule has 18 heavy (non-hydrogen) atoms. The Labute approximate surface area is 108 Å². The third-order valence-corrected chi connectivity index (χ3v) is 3.19. The largest absolute Gasteiger partial charge is 0.478 e. The van der Waals surface area contributed by atoms with Crippen LogP contribution in [0.1, 0.15) is 33.1 Å². The number of nitrogens with zero attached hydrogens (tertiary/aromatic N) is 2. The summed E-state index contributed by atoms with van der Waals surface area (Å²) in [4.78, 5) is 8.35. The molecular formula is C13H22N4O. The molecule has 2 N–H and O–H groups in total. The third-order valence-electron chi connectivity index (χ3n) is 3.19. The maximum atomic E-state index is 5.51. The smallest absolute Gasteiger partial charge is 0.218 e. The maximum Gasteiger partial charge on any atom is 0.218 e. The summed E-state index contributed by atoms with van der Waals surface area (Å²) in [6.07, 6.45) is 4.90. The Morgan fingerprint density at radius 1 is 1.50 bits per heavy atom. The van der Waals surface area contributed by atoms with Gasteiger partial charge in [0.1, 0.15) is 12.1 Å². The van der Waals surface area contributed by atoms with Crippen molar-refractivity contribution in [2.75, 3.05) is 18.5 Å². The molecule has 1 aliphatic rings. The second-order valence-corrected chi connectivity index (χ2v) is 4.73. The molecule has 0 saturated carbocycles. The van der Waals surface area contributed by atoms with Crippen molar-refractivity contribution in [3.05, 3.63) is 12.4 Å². The Hall–Kier alpha value is -1.36. The summed E-state index contributed by atoms with van der Waals surface area (Å²) in [6, 6.07) is 2.76. The predicted molar refractivity (Wildman–Crippen MR) is 71.9 cm³/mol. The van der Waals surface area contributed by atoms with Gasteiger partial charge in [-0.25, -0.2) is 9.97 Å². The lowest BCUT2D eigenvalue weighted by atomic mass is 10.00. The quantitative estimate of drug-likeness (QED) is 0.834. The van der Waals surface area contributed by atoms with E-state index in [0.717, 1.165) is 18.8 Å². The number of aromatic nitrogens is 2. The predicted octanol–water partition coefficient (Wildman–Crippen LogP) is 1.82.